The number of aromatic nitrogens is 3. The Kier molecular flexibility index (Phi) is 2.62. The number of methoxy groups -OCH3 is 1. The van der Waals surface area contributed by atoms with Crippen LogP contribution >= 0.6 is 0 Å². The van der Waals surface area contributed by atoms with Crippen LogP contribution in [-0.4, -0.2) is 21.7 Å². The zero-order chi connectivity index (χ0) is 13.2. The number of nitrogens with zero attached hydrogens (tertiary/aromatic N) is 4. The van der Waals surface area contributed by atoms with Crippen molar-refractivity contribution in [1.29, 1.82) is 5.26 Å². The van der Waals surface area contributed by atoms with E-state index in [1.165, 1.54) is 6.33 Å². The van der Waals surface area contributed by atoms with Crippen molar-refractivity contribution in [2.45, 2.75) is 0 Å². The third kappa shape index (κ3) is 1.79. The predicted octanol–water partition coefficient (Wildman–Crippen LogP) is 2.28. The molecule has 0 bridgehead atoms. The van der Waals surface area contributed by atoms with E-state index in [1.54, 1.807) is 23.8 Å². The minimum Gasteiger partial charge on any atom is -0.496 e. The third-order valence-corrected chi connectivity index (χ3v) is 2.91. The number of nitriles is 1. The smallest absolute Gasteiger partial charge is 0.155 e. The van der Waals surface area contributed by atoms with Gasteiger partial charge >= 0.3 is 0 Å². The third-order valence-electron chi connectivity index (χ3n) is 2.91. The lowest BCUT2D eigenvalue weighted by Crippen LogP contribution is -1.96. The summed E-state index contributed by atoms with van der Waals surface area (Å²) in [6, 6.07) is 13.2. The number of benzene rings is 1. The molecule has 0 radical (unpaired) electrons. The quantitative estimate of drug-likeness (QED) is 0.700. The van der Waals surface area contributed by atoms with E-state index in [0.717, 1.165) is 16.9 Å². The second-order valence-corrected chi connectivity index (χ2v) is 3.97. The molecule has 0 aliphatic carbocycles. The van der Waals surface area contributed by atoms with E-state index >= 15 is 0 Å². The molecule has 0 aliphatic rings. The zero-order valence-corrected chi connectivity index (χ0v) is 10.2. The Bertz CT molecular complexity index is 785. The lowest BCUT2D eigenvalue weighted by Gasteiger charge is -2.10. The van der Waals surface area contributed by atoms with Gasteiger partial charge in [-0.15, -0.1) is 0 Å². The highest BCUT2D eigenvalue weighted by atomic mass is 16.5. The molecule has 2 heterocycles. The van der Waals surface area contributed by atoms with Gasteiger partial charge in [0.25, 0.3) is 0 Å². The topological polar surface area (TPSA) is 63.2 Å². The first-order valence-electron chi connectivity index (χ1n) is 5.71. The standard InChI is InChI=1S/C14H10N4O/c1-19-13-7-10(8-15)5-6-11(13)12-3-2-4-14-16-9-17-18(12)14/h2-7,9H,1H3. The summed E-state index contributed by atoms with van der Waals surface area (Å²) in [4.78, 5) is 4.15. The Labute approximate surface area is 109 Å². The van der Waals surface area contributed by atoms with Crippen LogP contribution in [0.25, 0.3) is 16.9 Å². The molecule has 2 aromatic heterocycles. The number of fused-ring (bicyclic) bond motifs is 1. The monoisotopic (exact) mass is 250 g/mol. The van der Waals surface area contributed by atoms with Gasteiger partial charge in [-0.25, -0.2) is 9.50 Å². The average molecular weight is 250 g/mol. The highest BCUT2D eigenvalue weighted by Gasteiger charge is 2.11. The molecule has 0 spiro atoms. The van der Waals surface area contributed by atoms with Gasteiger partial charge in [-0.1, -0.05) is 6.07 Å². The summed E-state index contributed by atoms with van der Waals surface area (Å²) < 4.78 is 7.10. The van der Waals surface area contributed by atoms with Crippen LogP contribution in [0.5, 0.6) is 5.75 Å². The maximum atomic E-state index is 8.92. The van der Waals surface area contributed by atoms with E-state index in [1.807, 2.05) is 24.3 Å². The highest BCUT2D eigenvalue weighted by molar-refractivity contribution is 5.70. The fourth-order valence-electron chi connectivity index (χ4n) is 2.02. The van der Waals surface area contributed by atoms with Crippen LogP contribution < -0.4 is 4.74 Å². The van der Waals surface area contributed by atoms with Crippen molar-refractivity contribution in [3.05, 3.63) is 48.3 Å². The zero-order valence-electron chi connectivity index (χ0n) is 10.2. The van der Waals surface area contributed by atoms with Gasteiger partial charge < -0.3 is 4.74 Å². The Morgan fingerprint density at radius 1 is 1.26 bits per heavy atom. The molecule has 5 nitrogen and oxygen atoms in total. The summed E-state index contributed by atoms with van der Waals surface area (Å²) in [6.45, 7) is 0. The van der Waals surface area contributed by atoms with Crippen LogP contribution in [0.2, 0.25) is 0 Å². The fraction of sp³-hybridized carbons (Fsp3) is 0.0714. The van der Waals surface area contributed by atoms with Crippen molar-refractivity contribution in [3.63, 3.8) is 0 Å². The molecule has 0 fully saturated rings. The van der Waals surface area contributed by atoms with Crippen molar-refractivity contribution in [1.82, 2.24) is 14.6 Å². The Morgan fingerprint density at radius 3 is 2.95 bits per heavy atom. The van der Waals surface area contributed by atoms with Gasteiger partial charge in [-0.3, -0.25) is 0 Å². The lowest BCUT2D eigenvalue weighted by atomic mass is 10.1. The van der Waals surface area contributed by atoms with Gasteiger partial charge in [-0.05, 0) is 30.3 Å². The van der Waals surface area contributed by atoms with E-state index in [4.69, 9.17) is 10.00 Å². The fourth-order valence-corrected chi connectivity index (χ4v) is 2.02. The summed E-state index contributed by atoms with van der Waals surface area (Å²) in [5.74, 6) is 0.641. The summed E-state index contributed by atoms with van der Waals surface area (Å²) in [7, 11) is 1.58. The Hall–Kier alpha value is -2.87. The first kappa shape index (κ1) is 11.2. The van der Waals surface area contributed by atoms with Gasteiger partial charge in [-0.2, -0.15) is 10.4 Å². The normalized spacial score (nSPS) is 10.3. The number of hydrogen-bond donors (Lipinski definition) is 0. The average Bonchev–Trinajstić information content (AvgIpc) is 2.95. The van der Waals surface area contributed by atoms with E-state index < -0.39 is 0 Å². The predicted molar refractivity (Wildman–Crippen MR) is 69.7 cm³/mol. The van der Waals surface area contributed by atoms with Crippen LogP contribution in [-0.2, 0) is 0 Å². The molecule has 0 unspecified atom stereocenters. The van der Waals surface area contributed by atoms with Gasteiger partial charge in [0.15, 0.2) is 5.65 Å². The summed E-state index contributed by atoms with van der Waals surface area (Å²) >= 11 is 0. The SMILES string of the molecule is COc1cc(C#N)ccc1-c1cccc2ncnn12. The van der Waals surface area contributed by atoms with Crippen LogP contribution in [0.1, 0.15) is 5.56 Å². The first-order chi connectivity index (χ1) is 9.33. The molecule has 5 heteroatoms. The molecule has 0 atom stereocenters. The molecule has 0 aliphatic heterocycles. The Balaban J connectivity index is 2.27. The molecular formula is C14H10N4O. The number of pyridine rings is 1. The van der Waals surface area contributed by atoms with Crippen LogP contribution in [0.15, 0.2) is 42.7 Å². The molecule has 92 valence electrons. The van der Waals surface area contributed by atoms with E-state index in [9.17, 15) is 0 Å². The largest absolute Gasteiger partial charge is 0.496 e. The first-order valence-corrected chi connectivity index (χ1v) is 5.71. The van der Waals surface area contributed by atoms with Gasteiger partial charge in [0.05, 0.1) is 24.4 Å². The number of hydrogen-bond acceptors (Lipinski definition) is 4. The lowest BCUT2D eigenvalue weighted by molar-refractivity contribution is 0.416. The van der Waals surface area contributed by atoms with Crippen LogP contribution in [0.4, 0.5) is 0 Å². The van der Waals surface area contributed by atoms with Crippen LogP contribution in [0, 0.1) is 11.3 Å². The second-order valence-electron chi connectivity index (χ2n) is 3.97. The van der Waals surface area contributed by atoms with Crippen molar-refractivity contribution >= 4 is 5.65 Å². The van der Waals surface area contributed by atoms with E-state index in [0.29, 0.717) is 11.3 Å². The molecule has 0 saturated carbocycles. The van der Waals surface area contributed by atoms with Crippen LogP contribution in [0.3, 0.4) is 0 Å². The number of rotatable bonds is 2. The molecule has 0 saturated heterocycles. The maximum absolute atomic E-state index is 8.92. The number of ether oxygens (including phenoxy) is 1. The maximum Gasteiger partial charge on any atom is 0.155 e. The molecule has 1 aromatic carbocycles. The molecule has 0 N–H and O–H groups in total. The molecule has 19 heavy (non-hydrogen) atoms. The molecule has 3 aromatic rings. The highest BCUT2D eigenvalue weighted by Crippen LogP contribution is 2.30. The van der Waals surface area contributed by atoms with Gasteiger partial charge in [0.1, 0.15) is 12.1 Å². The summed E-state index contributed by atoms with van der Waals surface area (Å²) in [6.07, 6.45) is 1.51. The van der Waals surface area contributed by atoms with Gasteiger partial charge in [0, 0.05) is 5.56 Å². The van der Waals surface area contributed by atoms with Crippen molar-refractivity contribution in [3.8, 4) is 23.1 Å². The summed E-state index contributed by atoms with van der Waals surface area (Å²) in [5.41, 5.74) is 3.07. The van der Waals surface area contributed by atoms with Crippen molar-refractivity contribution < 1.29 is 4.74 Å². The van der Waals surface area contributed by atoms with E-state index in [2.05, 4.69) is 16.2 Å². The molecular weight excluding hydrogens is 240 g/mol. The molecule has 0 amide bonds. The Morgan fingerprint density at radius 2 is 2.16 bits per heavy atom. The van der Waals surface area contributed by atoms with Gasteiger partial charge in [0.2, 0.25) is 0 Å². The molecule has 3 rings (SSSR count). The summed E-state index contributed by atoms with van der Waals surface area (Å²) in [5, 5.41) is 13.1. The minimum absolute atomic E-state index is 0.561. The van der Waals surface area contributed by atoms with E-state index in [-0.39, 0.29) is 0 Å². The second kappa shape index (κ2) is 4.42. The van der Waals surface area contributed by atoms with Crippen molar-refractivity contribution in [2.75, 3.05) is 7.11 Å². The minimum atomic E-state index is 0.561. The van der Waals surface area contributed by atoms with Crippen molar-refractivity contribution in [2.24, 2.45) is 0 Å².